The summed E-state index contributed by atoms with van der Waals surface area (Å²) in [5.74, 6) is -2.94. The summed E-state index contributed by atoms with van der Waals surface area (Å²) in [5, 5.41) is 8.19. The van der Waals surface area contributed by atoms with Gasteiger partial charge >= 0.3 is 6.01 Å². The minimum atomic E-state index is -0.963. The lowest BCUT2D eigenvalue weighted by molar-refractivity contribution is 0.101. The van der Waals surface area contributed by atoms with Gasteiger partial charge < -0.3 is 4.74 Å². The zero-order valence-corrected chi connectivity index (χ0v) is 9.91. The number of halogens is 2. The van der Waals surface area contributed by atoms with Crippen molar-refractivity contribution in [1.82, 2.24) is 15.2 Å². The quantitative estimate of drug-likeness (QED) is 0.885. The molecule has 19 heavy (non-hydrogen) atoms. The van der Waals surface area contributed by atoms with Crippen LogP contribution in [0.5, 0.6) is 6.01 Å². The summed E-state index contributed by atoms with van der Waals surface area (Å²) in [6, 6.07) is 3.18. The van der Waals surface area contributed by atoms with Crippen LogP contribution in [-0.4, -0.2) is 27.7 Å². The zero-order chi connectivity index (χ0) is 13.8. The number of carbonyl (C=O) groups is 1. The summed E-state index contributed by atoms with van der Waals surface area (Å²) in [4.78, 5) is 15.5. The number of carbonyl (C=O) groups excluding carboxylic acids is 1. The van der Waals surface area contributed by atoms with E-state index >= 15 is 0 Å². The molecule has 8 heteroatoms. The van der Waals surface area contributed by atoms with Crippen LogP contribution in [0.2, 0.25) is 0 Å². The fraction of sp³-hybridized carbons (Fsp3) is 0.182. The van der Waals surface area contributed by atoms with E-state index in [0.29, 0.717) is 6.61 Å². The molecular weight excluding hydrogens is 258 g/mol. The molecule has 0 radical (unpaired) electrons. The van der Waals surface area contributed by atoms with Crippen molar-refractivity contribution in [2.45, 2.75) is 6.92 Å². The second kappa shape index (κ2) is 5.42. The van der Waals surface area contributed by atoms with Crippen LogP contribution in [0, 0.1) is 11.6 Å². The summed E-state index contributed by atoms with van der Waals surface area (Å²) >= 11 is 0. The smallest absolute Gasteiger partial charge is 0.337 e. The lowest BCUT2D eigenvalue weighted by Gasteiger charge is -2.03. The summed E-state index contributed by atoms with van der Waals surface area (Å²) in [6.07, 6.45) is 0. The Balaban J connectivity index is 2.16. The molecule has 0 aliphatic rings. The van der Waals surface area contributed by atoms with Crippen LogP contribution in [-0.2, 0) is 0 Å². The topological polar surface area (TPSA) is 79.9 Å². The number of hydrogen-bond acceptors (Lipinski definition) is 4. The number of rotatable bonds is 4. The van der Waals surface area contributed by atoms with E-state index < -0.39 is 23.1 Å². The predicted octanol–water partition coefficient (Wildman–Crippen LogP) is 1.73. The Morgan fingerprint density at radius 2 is 2.11 bits per heavy atom. The van der Waals surface area contributed by atoms with E-state index in [4.69, 9.17) is 4.74 Å². The van der Waals surface area contributed by atoms with Crippen molar-refractivity contribution in [2.24, 2.45) is 0 Å². The number of anilines is 1. The second-order valence-electron chi connectivity index (χ2n) is 3.45. The maximum Gasteiger partial charge on any atom is 0.337 e. The molecule has 0 saturated heterocycles. The van der Waals surface area contributed by atoms with Gasteiger partial charge in [0.1, 0.15) is 17.2 Å². The number of nitrogens with one attached hydrogen (secondary N) is 2. The highest BCUT2D eigenvalue weighted by molar-refractivity contribution is 6.03. The van der Waals surface area contributed by atoms with E-state index in [1.54, 1.807) is 6.92 Å². The molecule has 0 fully saturated rings. The minimum Gasteiger partial charge on any atom is -0.463 e. The number of H-pyrrole nitrogens is 1. The molecule has 0 spiro atoms. The zero-order valence-electron chi connectivity index (χ0n) is 9.91. The van der Waals surface area contributed by atoms with Gasteiger partial charge in [-0.05, 0) is 19.1 Å². The Labute approximate surface area is 106 Å². The van der Waals surface area contributed by atoms with Crippen LogP contribution in [0.1, 0.15) is 17.3 Å². The molecule has 2 aromatic rings. The molecule has 100 valence electrons. The average Bonchev–Trinajstić information content (AvgIpc) is 2.77. The molecule has 6 nitrogen and oxygen atoms in total. The SMILES string of the molecule is CCOc1n[nH]c(NC(=O)c2c(F)cccc2F)n1. The standard InChI is InChI=1S/C11H10F2N4O2/c1-2-19-11-15-10(16-17-11)14-9(18)8-6(12)4-3-5-7(8)13/h3-5H,2H2,1H3,(H2,14,15,16,17,18). The van der Waals surface area contributed by atoms with Gasteiger partial charge in [-0.3, -0.25) is 10.1 Å². The van der Waals surface area contributed by atoms with Gasteiger partial charge in [0.25, 0.3) is 5.91 Å². The molecule has 0 bridgehead atoms. The number of amides is 1. The maximum atomic E-state index is 13.4. The van der Waals surface area contributed by atoms with Gasteiger partial charge in [0.05, 0.1) is 6.61 Å². The molecule has 1 amide bonds. The van der Waals surface area contributed by atoms with Gasteiger partial charge in [-0.25, -0.2) is 13.9 Å². The van der Waals surface area contributed by atoms with Crippen molar-refractivity contribution in [2.75, 3.05) is 11.9 Å². The normalized spacial score (nSPS) is 10.3. The van der Waals surface area contributed by atoms with Gasteiger partial charge in [-0.15, -0.1) is 5.10 Å². The van der Waals surface area contributed by atoms with Crippen LogP contribution < -0.4 is 10.1 Å². The molecule has 0 atom stereocenters. The van der Waals surface area contributed by atoms with Crippen molar-refractivity contribution in [3.05, 3.63) is 35.4 Å². The number of aromatic amines is 1. The molecule has 0 aliphatic heterocycles. The first-order valence-electron chi connectivity index (χ1n) is 5.42. The van der Waals surface area contributed by atoms with Crippen molar-refractivity contribution >= 4 is 11.9 Å². The third kappa shape index (κ3) is 2.84. The number of hydrogen-bond donors (Lipinski definition) is 2. The van der Waals surface area contributed by atoms with Gasteiger partial charge in [0.15, 0.2) is 0 Å². The summed E-state index contributed by atoms with van der Waals surface area (Å²) < 4.78 is 31.7. The van der Waals surface area contributed by atoms with Crippen molar-refractivity contribution in [1.29, 1.82) is 0 Å². The number of nitrogens with zero attached hydrogens (tertiary/aromatic N) is 2. The van der Waals surface area contributed by atoms with E-state index in [1.807, 2.05) is 0 Å². The van der Waals surface area contributed by atoms with Gasteiger partial charge in [0, 0.05) is 0 Å². The molecule has 2 N–H and O–H groups in total. The minimum absolute atomic E-state index is 0.0341. The van der Waals surface area contributed by atoms with Crippen molar-refractivity contribution < 1.29 is 18.3 Å². The number of benzene rings is 1. The van der Waals surface area contributed by atoms with E-state index in [-0.39, 0.29) is 12.0 Å². The van der Waals surface area contributed by atoms with E-state index in [0.717, 1.165) is 12.1 Å². The van der Waals surface area contributed by atoms with Crippen LogP contribution >= 0.6 is 0 Å². The first kappa shape index (κ1) is 12.9. The second-order valence-corrected chi connectivity index (χ2v) is 3.45. The number of ether oxygens (including phenoxy) is 1. The fourth-order valence-electron chi connectivity index (χ4n) is 1.38. The molecule has 1 aromatic heterocycles. The van der Waals surface area contributed by atoms with Crippen LogP contribution in [0.25, 0.3) is 0 Å². The Kier molecular flexibility index (Phi) is 3.69. The molecular formula is C11H10F2N4O2. The van der Waals surface area contributed by atoms with Crippen molar-refractivity contribution in [3.63, 3.8) is 0 Å². The van der Waals surface area contributed by atoms with Crippen LogP contribution in [0.3, 0.4) is 0 Å². The van der Waals surface area contributed by atoms with E-state index in [9.17, 15) is 13.6 Å². The highest BCUT2D eigenvalue weighted by atomic mass is 19.1. The first-order chi connectivity index (χ1) is 9.11. The molecule has 0 unspecified atom stereocenters. The summed E-state index contributed by atoms with van der Waals surface area (Å²) in [6.45, 7) is 2.09. The van der Waals surface area contributed by atoms with E-state index in [2.05, 4.69) is 20.5 Å². The molecule has 0 saturated carbocycles. The fourth-order valence-corrected chi connectivity index (χ4v) is 1.38. The first-order valence-corrected chi connectivity index (χ1v) is 5.42. The molecule has 0 aliphatic carbocycles. The highest BCUT2D eigenvalue weighted by Gasteiger charge is 2.18. The van der Waals surface area contributed by atoms with Crippen molar-refractivity contribution in [3.8, 4) is 6.01 Å². The summed E-state index contributed by atoms with van der Waals surface area (Å²) in [7, 11) is 0. The lowest BCUT2D eigenvalue weighted by Crippen LogP contribution is -2.16. The number of aromatic nitrogens is 3. The molecule has 1 heterocycles. The third-order valence-electron chi connectivity index (χ3n) is 2.16. The molecule has 1 aromatic carbocycles. The van der Waals surface area contributed by atoms with Gasteiger partial charge in [0.2, 0.25) is 5.95 Å². The van der Waals surface area contributed by atoms with Crippen LogP contribution in [0.4, 0.5) is 14.7 Å². The summed E-state index contributed by atoms with van der Waals surface area (Å²) in [5.41, 5.74) is -0.683. The third-order valence-corrected chi connectivity index (χ3v) is 2.16. The molecule has 2 rings (SSSR count). The Morgan fingerprint density at radius 3 is 2.74 bits per heavy atom. The predicted molar refractivity (Wildman–Crippen MR) is 61.9 cm³/mol. The van der Waals surface area contributed by atoms with Gasteiger partial charge in [-0.2, -0.15) is 4.98 Å². The lowest BCUT2D eigenvalue weighted by atomic mass is 10.2. The van der Waals surface area contributed by atoms with Crippen LogP contribution in [0.15, 0.2) is 18.2 Å². The highest BCUT2D eigenvalue weighted by Crippen LogP contribution is 2.14. The average molecular weight is 268 g/mol. The monoisotopic (exact) mass is 268 g/mol. The largest absolute Gasteiger partial charge is 0.463 e. The maximum absolute atomic E-state index is 13.4. The Morgan fingerprint density at radius 1 is 1.42 bits per heavy atom. The van der Waals surface area contributed by atoms with Gasteiger partial charge in [-0.1, -0.05) is 6.07 Å². The Hall–Kier alpha value is -2.51. The Bertz CT molecular complexity index is 580. The van der Waals surface area contributed by atoms with E-state index in [1.165, 1.54) is 6.07 Å².